The van der Waals surface area contributed by atoms with Gasteiger partial charge in [-0.15, -0.1) is 0 Å². The minimum Gasteiger partial charge on any atom is -0.478 e. The minimum absolute atomic E-state index is 0.341. The van der Waals surface area contributed by atoms with Crippen molar-refractivity contribution in [2.45, 2.75) is 16.8 Å². The van der Waals surface area contributed by atoms with E-state index in [0.717, 1.165) is 26.4 Å². The van der Waals surface area contributed by atoms with Crippen molar-refractivity contribution in [1.82, 2.24) is 4.98 Å². The number of rotatable bonds is 3. The molecule has 1 aromatic heterocycles. The van der Waals surface area contributed by atoms with Gasteiger partial charge < -0.3 is 10.1 Å². The monoisotopic (exact) mass is 283 g/mol. The molecule has 0 fully saturated rings. The van der Waals surface area contributed by atoms with Crippen molar-refractivity contribution >= 4 is 28.6 Å². The standard InChI is InChI=1S/C16H13NO2S/c1-10-5-4-7-12(16(18)19)15(10)20-14-9-11-6-2-3-8-13(11)17-14/h2-9,17H,1H3,(H,18,19). The van der Waals surface area contributed by atoms with E-state index in [1.807, 2.05) is 43.3 Å². The summed E-state index contributed by atoms with van der Waals surface area (Å²) in [6, 6.07) is 15.4. The number of hydrogen-bond donors (Lipinski definition) is 2. The number of carboxylic acids is 1. The number of aromatic amines is 1. The molecule has 100 valence electrons. The molecular formula is C16H13NO2S. The Bertz CT molecular complexity index is 759. The highest BCUT2D eigenvalue weighted by Crippen LogP contribution is 2.34. The molecule has 0 aliphatic rings. The summed E-state index contributed by atoms with van der Waals surface area (Å²) in [6.07, 6.45) is 0. The first kappa shape index (κ1) is 12.8. The smallest absolute Gasteiger partial charge is 0.336 e. The Kier molecular flexibility index (Phi) is 3.24. The molecule has 0 aliphatic heterocycles. The number of para-hydroxylation sites is 1. The first-order valence-corrected chi connectivity index (χ1v) is 7.05. The summed E-state index contributed by atoms with van der Waals surface area (Å²) in [6.45, 7) is 1.93. The molecule has 4 heteroatoms. The first-order valence-electron chi connectivity index (χ1n) is 6.23. The van der Waals surface area contributed by atoms with Crippen LogP contribution in [0.15, 0.2) is 58.5 Å². The van der Waals surface area contributed by atoms with Crippen molar-refractivity contribution in [3.8, 4) is 0 Å². The average Bonchev–Trinajstić information content (AvgIpc) is 2.83. The van der Waals surface area contributed by atoms with Crippen LogP contribution in [0.5, 0.6) is 0 Å². The third kappa shape index (κ3) is 2.30. The zero-order chi connectivity index (χ0) is 14.1. The number of hydrogen-bond acceptors (Lipinski definition) is 2. The van der Waals surface area contributed by atoms with Crippen LogP contribution in [-0.2, 0) is 0 Å². The van der Waals surface area contributed by atoms with Crippen molar-refractivity contribution in [2.24, 2.45) is 0 Å². The Morgan fingerprint density at radius 2 is 1.95 bits per heavy atom. The number of carboxylic acid groups (broad SMARTS) is 1. The molecule has 0 radical (unpaired) electrons. The second kappa shape index (κ2) is 5.06. The fourth-order valence-electron chi connectivity index (χ4n) is 2.17. The van der Waals surface area contributed by atoms with E-state index in [1.165, 1.54) is 11.8 Å². The van der Waals surface area contributed by atoms with Crippen LogP contribution in [0.4, 0.5) is 0 Å². The molecule has 3 rings (SSSR count). The number of fused-ring (bicyclic) bond motifs is 1. The van der Waals surface area contributed by atoms with Crippen LogP contribution in [0.25, 0.3) is 10.9 Å². The van der Waals surface area contributed by atoms with E-state index in [4.69, 9.17) is 0 Å². The Balaban J connectivity index is 2.04. The molecule has 0 saturated carbocycles. The number of benzene rings is 2. The predicted molar refractivity (Wildman–Crippen MR) is 80.6 cm³/mol. The Labute approximate surface area is 120 Å². The lowest BCUT2D eigenvalue weighted by atomic mass is 10.1. The molecule has 2 N–H and O–H groups in total. The van der Waals surface area contributed by atoms with Crippen LogP contribution >= 0.6 is 11.8 Å². The lowest BCUT2D eigenvalue weighted by molar-refractivity contribution is 0.0693. The van der Waals surface area contributed by atoms with Crippen molar-refractivity contribution in [2.75, 3.05) is 0 Å². The summed E-state index contributed by atoms with van der Waals surface area (Å²) in [5.41, 5.74) is 2.36. The van der Waals surface area contributed by atoms with Crippen LogP contribution in [-0.4, -0.2) is 16.1 Å². The zero-order valence-electron chi connectivity index (χ0n) is 10.9. The van der Waals surface area contributed by atoms with Gasteiger partial charge in [0.25, 0.3) is 0 Å². The third-order valence-electron chi connectivity index (χ3n) is 3.16. The molecule has 2 aromatic carbocycles. The summed E-state index contributed by atoms with van der Waals surface area (Å²) in [7, 11) is 0. The number of aryl methyl sites for hydroxylation is 1. The lowest BCUT2D eigenvalue weighted by Crippen LogP contribution is -2.00. The van der Waals surface area contributed by atoms with Gasteiger partial charge in [0.05, 0.1) is 10.6 Å². The molecule has 0 amide bonds. The fraction of sp³-hybridized carbons (Fsp3) is 0.0625. The van der Waals surface area contributed by atoms with Crippen molar-refractivity contribution < 1.29 is 9.90 Å². The van der Waals surface area contributed by atoms with Gasteiger partial charge in [-0.25, -0.2) is 4.79 Å². The highest BCUT2D eigenvalue weighted by Gasteiger charge is 2.14. The minimum atomic E-state index is -0.896. The molecule has 20 heavy (non-hydrogen) atoms. The normalized spacial score (nSPS) is 10.8. The zero-order valence-corrected chi connectivity index (χ0v) is 11.7. The lowest BCUT2D eigenvalue weighted by Gasteiger charge is -2.07. The molecule has 0 saturated heterocycles. The molecule has 0 bridgehead atoms. The van der Waals surface area contributed by atoms with Crippen LogP contribution in [0.3, 0.4) is 0 Å². The van der Waals surface area contributed by atoms with Gasteiger partial charge in [0, 0.05) is 15.8 Å². The summed E-state index contributed by atoms with van der Waals surface area (Å²) in [5, 5.41) is 11.4. The average molecular weight is 283 g/mol. The predicted octanol–water partition coefficient (Wildman–Crippen LogP) is 4.33. The summed E-state index contributed by atoms with van der Waals surface area (Å²) < 4.78 is 0. The van der Waals surface area contributed by atoms with Crippen LogP contribution in [0.2, 0.25) is 0 Å². The number of carbonyl (C=O) groups is 1. The van der Waals surface area contributed by atoms with E-state index in [2.05, 4.69) is 4.98 Å². The first-order chi connectivity index (χ1) is 9.65. The summed E-state index contributed by atoms with van der Waals surface area (Å²) in [4.78, 5) is 15.4. The van der Waals surface area contributed by atoms with E-state index in [-0.39, 0.29) is 0 Å². The molecular weight excluding hydrogens is 270 g/mol. The van der Waals surface area contributed by atoms with E-state index in [0.29, 0.717) is 5.56 Å². The molecule has 0 unspecified atom stereocenters. The van der Waals surface area contributed by atoms with Gasteiger partial charge in [0.2, 0.25) is 0 Å². The highest BCUT2D eigenvalue weighted by atomic mass is 32.2. The summed E-state index contributed by atoms with van der Waals surface area (Å²) >= 11 is 1.46. The van der Waals surface area contributed by atoms with Crippen LogP contribution in [0.1, 0.15) is 15.9 Å². The van der Waals surface area contributed by atoms with Gasteiger partial charge in [0.1, 0.15) is 0 Å². The molecule has 0 atom stereocenters. The Morgan fingerprint density at radius 1 is 1.15 bits per heavy atom. The molecule has 3 aromatic rings. The third-order valence-corrected chi connectivity index (χ3v) is 4.35. The number of aromatic carboxylic acids is 1. The Hall–Kier alpha value is -2.20. The van der Waals surface area contributed by atoms with Gasteiger partial charge >= 0.3 is 5.97 Å². The van der Waals surface area contributed by atoms with Crippen LogP contribution in [0, 0.1) is 6.92 Å². The molecule has 3 nitrogen and oxygen atoms in total. The van der Waals surface area contributed by atoms with E-state index >= 15 is 0 Å². The van der Waals surface area contributed by atoms with Gasteiger partial charge in [-0.1, -0.05) is 42.1 Å². The molecule has 1 heterocycles. The van der Waals surface area contributed by atoms with Crippen molar-refractivity contribution in [1.29, 1.82) is 0 Å². The second-order valence-electron chi connectivity index (χ2n) is 4.58. The maximum absolute atomic E-state index is 11.3. The van der Waals surface area contributed by atoms with Crippen molar-refractivity contribution in [3.63, 3.8) is 0 Å². The highest BCUT2D eigenvalue weighted by molar-refractivity contribution is 7.99. The molecule has 0 spiro atoms. The number of nitrogens with one attached hydrogen (secondary N) is 1. The Morgan fingerprint density at radius 3 is 2.70 bits per heavy atom. The second-order valence-corrected chi connectivity index (χ2v) is 5.63. The summed E-state index contributed by atoms with van der Waals surface area (Å²) in [5.74, 6) is -0.896. The number of aromatic nitrogens is 1. The van der Waals surface area contributed by atoms with Gasteiger partial charge in [0.15, 0.2) is 0 Å². The van der Waals surface area contributed by atoms with E-state index < -0.39 is 5.97 Å². The fourth-order valence-corrected chi connectivity index (χ4v) is 3.23. The van der Waals surface area contributed by atoms with Gasteiger partial charge in [-0.05, 0) is 30.7 Å². The van der Waals surface area contributed by atoms with E-state index in [1.54, 1.807) is 12.1 Å². The quantitative estimate of drug-likeness (QED) is 0.752. The maximum atomic E-state index is 11.3. The largest absolute Gasteiger partial charge is 0.478 e. The number of H-pyrrole nitrogens is 1. The molecule has 0 aliphatic carbocycles. The van der Waals surface area contributed by atoms with Gasteiger partial charge in [-0.2, -0.15) is 0 Å². The van der Waals surface area contributed by atoms with Gasteiger partial charge in [-0.3, -0.25) is 0 Å². The maximum Gasteiger partial charge on any atom is 0.336 e. The SMILES string of the molecule is Cc1cccc(C(=O)O)c1Sc1cc2ccccc2[nH]1. The topological polar surface area (TPSA) is 53.1 Å². The van der Waals surface area contributed by atoms with Crippen LogP contribution < -0.4 is 0 Å². The van der Waals surface area contributed by atoms with Crippen molar-refractivity contribution in [3.05, 3.63) is 59.7 Å². The van der Waals surface area contributed by atoms with E-state index in [9.17, 15) is 9.90 Å².